The van der Waals surface area contributed by atoms with Crippen LogP contribution in [0.15, 0.2) is 24.3 Å². The molecule has 1 unspecified atom stereocenters. The van der Waals surface area contributed by atoms with Gasteiger partial charge in [0, 0.05) is 25.2 Å². The van der Waals surface area contributed by atoms with Gasteiger partial charge in [0.25, 0.3) is 0 Å². The quantitative estimate of drug-likeness (QED) is 0.844. The van der Waals surface area contributed by atoms with E-state index in [1.54, 1.807) is 0 Å². The van der Waals surface area contributed by atoms with Crippen LogP contribution in [0.1, 0.15) is 25.8 Å². The summed E-state index contributed by atoms with van der Waals surface area (Å²) < 4.78 is 0. The molecule has 1 fully saturated rings. The average Bonchev–Trinajstić information content (AvgIpc) is 2.82. The Kier molecular flexibility index (Phi) is 2.50. The second-order valence-corrected chi connectivity index (χ2v) is 5.71. The monoisotopic (exact) mass is 219 g/mol. The van der Waals surface area contributed by atoms with Crippen molar-refractivity contribution in [1.29, 1.82) is 0 Å². The Labute approximate surface area is 97.9 Å². The molecule has 0 bridgehead atoms. The number of nitrogens with zero attached hydrogens (tertiary/aromatic N) is 1. The molecule has 1 aromatic carbocycles. The molecule has 0 saturated heterocycles. The first kappa shape index (κ1) is 11.5. The summed E-state index contributed by atoms with van der Waals surface area (Å²) in [6.45, 7) is 4.70. The minimum absolute atomic E-state index is 0.0339. The highest BCUT2D eigenvalue weighted by Gasteiger charge is 2.62. The Morgan fingerprint density at radius 3 is 2.25 bits per heavy atom. The van der Waals surface area contributed by atoms with Crippen molar-refractivity contribution in [2.75, 3.05) is 25.6 Å². The van der Waals surface area contributed by atoms with E-state index < -0.39 is 0 Å². The van der Waals surface area contributed by atoms with Gasteiger partial charge in [0.05, 0.1) is 6.61 Å². The summed E-state index contributed by atoms with van der Waals surface area (Å²) in [5.41, 5.74) is 2.69. The van der Waals surface area contributed by atoms with Crippen molar-refractivity contribution in [1.82, 2.24) is 0 Å². The molecule has 1 aliphatic carbocycles. The van der Waals surface area contributed by atoms with E-state index in [2.05, 4.69) is 57.1 Å². The maximum absolute atomic E-state index is 9.73. The summed E-state index contributed by atoms with van der Waals surface area (Å²) in [5.74, 6) is 0. The number of aliphatic hydroxyl groups is 1. The molecule has 0 spiro atoms. The minimum atomic E-state index is -0.0339. The highest BCUT2D eigenvalue weighted by atomic mass is 16.3. The van der Waals surface area contributed by atoms with Crippen molar-refractivity contribution in [2.45, 2.75) is 25.7 Å². The normalized spacial score (nSPS) is 26.6. The first-order valence-electron chi connectivity index (χ1n) is 5.82. The van der Waals surface area contributed by atoms with E-state index in [0.717, 1.165) is 6.42 Å². The number of rotatable bonds is 3. The zero-order valence-corrected chi connectivity index (χ0v) is 10.6. The van der Waals surface area contributed by atoms with E-state index in [0.29, 0.717) is 0 Å². The molecule has 16 heavy (non-hydrogen) atoms. The zero-order chi connectivity index (χ0) is 12.0. The molecule has 1 N–H and O–H groups in total. The van der Waals surface area contributed by atoms with Crippen LogP contribution in [0.4, 0.5) is 5.69 Å². The minimum Gasteiger partial charge on any atom is -0.395 e. The number of hydrogen-bond acceptors (Lipinski definition) is 2. The molecule has 0 aliphatic heterocycles. The van der Waals surface area contributed by atoms with Crippen LogP contribution < -0.4 is 4.90 Å². The molecule has 88 valence electrons. The van der Waals surface area contributed by atoms with Gasteiger partial charge in [-0.1, -0.05) is 32.0 Å². The lowest BCUT2D eigenvalue weighted by atomic mass is 9.87. The van der Waals surface area contributed by atoms with Crippen molar-refractivity contribution in [2.24, 2.45) is 5.41 Å². The summed E-state index contributed by atoms with van der Waals surface area (Å²) in [4.78, 5) is 2.13. The molecule has 2 rings (SSSR count). The first-order chi connectivity index (χ1) is 7.44. The summed E-state index contributed by atoms with van der Waals surface area (Å²) in [5, 5.41) is 9.73. The molecule has 0 radical (unpaired) electrons. The third-order valence-electron chi connectivity index (χ3n) is 4.09. The average molecular weight is 219 g/mol. The van der Waals surface area contributed by atoms with Crippen LogP contribution in [0.3, 0.4) is 0 Å². The number of anilines is 1. The molecule has 2 heteroatoms. The maximum Gasteiger partial charge on any atom is 0.0534 e. The van der Waals surface area contributed by atoms with E-state index in [-0.39, 0.29) is 17.4 Å². The summed E-state index contributed by atoms with van der Waals surface area (Å²) >= 11 is 0. The van der Waals surface area contributed by atoms with Crippen LogP contribution in [0.5, 0.6) is 0 Å². The zero-order valence-electron chi connectivity index (χ0n) is 10.6. The predicted molar refractivity (Wildman–Crippen MR) is 67.9 cm³/mol. The molecule has 1 atom stereocenters. The van der Waals surface area contributed by atoms with Crippen molar-refractivity contribution < 1.29 is 5.11 Å². The molecule has 0 aromatic heterocycles. The Balaban J connectivity index is 2.49. The highest BCUT2D eigenvalue weighted by molar-refractivity contribution is 5.59. The standard InChI is InChI=1S/C14H21NO/c1-13(2)9-14(13,10-16)11-7-5-6-8-12(11)15(3)4/h5-8,16H,9-10H2,1-4H3. The fourth-order valence-corrected chi connectivity index (χ4v) is 2.79. The van der Waals surface area contributed by atoms with Crippen molar-refractivity contribution in [3.8, 4) is 0 Å². The fourth-order valence-electron chi connectivity index (χ4n) is 2.79. The molecular weight excluding hydrogens is 198 g/mol. The summed E-state index contributed by atoms with van der Waals surface area (Å²) in [6, 6.07) is 8.40. The van der Waals surface area contributed by atoms with E-state index in [4.69, 9.17) is 0 Å². The fraction of sp³-hybridized carbons (Fsp3) is 0.571. The smallest absolute Gasteiger partial charge is 0.0534 e. The van der Waals surface area contributed by atoms with Gasteiger partial charge in [-0.25, -0.2) is 0 Å². The van der Waals surface area contributed by atoms with Crippen LogP contribution in [-0.2, 0) is 5.41 Å². The predicted octanol–water partition coefficient (Wildman–Crippen LogP) is 2.41. The van der Waals surface area contributed by atoms with E-state index in [1.807, 2.05) is 0 Å². The third-order valence-corrected chi connectivity index (χ3v) is 4.09. The van der Waals surface area contributed by atoms with Gasteiger partial charge in [0.15, 0.2) is 0 Å². The van der Waals surface area contributed by atoms with Crippen LogP contribution in [0.25, 0.3) is 0 Å². The molecule has 1 saturated carbocycles. The second kappa shape index (κ2) is 3.49. The van der Waals surface area contributed by atoms with Crippen molar-refractivity contribution >= 4 is 5.69 Å². The molecule has 1 aliphatic rings. The molecule has 1 aromatic rings. The highest BCUT2D eigenvalue weighted by Crippen LogP contribution is 2.65. The van der Waals surface area contributed by atoms with Gasteiger partial charge in [0.1, 0.15) is 0 Å². The van der Waals surface area contributed by atoms with Gasteiger partial charge >= 0.3 is 0 Å². The number of hydrogen-bond donors (Lipinski definition) is 1. The lowest BCUT2D eigenvalue weighted by molar-refractivity contribution is 0.231. The van der Waals surface area contributed by atoms with Gasteiger partial charge in [0.2, 0.25) is 0 Å². The van der Waals surface area contributed by atoms with Gasteiger partial charge < -0.3 is 10.0 Å². The van der Waals surface area contributed by atoms with Crippen LogP contribution in [-0.4, -0.2) is 25.8 Å². The van der Waals surface area contributed by atoms with Gasteiger partial charge in [-0.3, -0.25) is 0 Å². The van der Waals surface area contributed by atoms with Gasteiger partial charge in [-0.2, -0.15) is 0 Å². The summed E-state index contributed by atoms with van der Waals surface area (Å²) in [7, 11) is 4.11. The Morgan fingerprint density at radius 1 is 1.25 bits per heavy atom. The van der Waals surface area contributed by atoms with Crippen molar-refractivity contribution in [3.63, 3.8) is 0 Å². The molecule has 0 heterocycles. The van der Waals surface area contributed by atoms with Gasteiger partial charge in [-0.05, 0) is 23.5 Å². The number of para-hydroxylation sites is 1. The number of benzene rings is 1. The lowest BCUT2D eigenvalue weighted by Gasteiger charge is -2.25. The van der Waals surface area contributed by atoms with Crippen LogP contribution in [0, 0.1) is 5.41 Å². The number of aliphatic hydroxyl groups excluding tert-OH is 1. The molecule has 2 nitrogen and oxygen atoms in total. The Bertz CT molecular complexity index is 397. The van der Waals surface area contributed by atoms with Crippen LogP contribution >= 0.6 is 0 Å². The third kappa shape index (κ3) is 1.44. The second-order valence-electron chi connectivity index (χ2n) is 5.71. The van der Waals surface area contributed by atoms with Gasteiger partial charge in [-0.15, -0.1) is 0 Å². The Hall–Kier alpha value is -1.02. The first-order valence-corrected chi connectivity index (χ1v) is 5.82. The SMILES string of the molecule is CN(C)c1ccccc1C1(CO)CC1(C)C. The van der Waals surface area contributed by atoms with E-state index in [1.165, 1.54) is 11.3 Å². The Morgan fingerprint density at radius 2 is 1.81 bits per heavy atom. The van der Waals surface area contributed by atoms with E-state index in [9.17, 15) is 5.11 Å². The largest absolute Gasteiger partial charge is 0.395 e. The lowest BCUT2D eigenvalue weighted by Crippen LogP contribution is -2.23. The summed E-state index contributed by atoms with van der Waals surface area (Å²) in [6.07, 6.45) is 1.07. The van der Waals surface area contributed by atoms with E-state index >= 15 is 0 Å². The topological polar surface area (TPSA) is 23.5 Å². The van der Waals surface area contributed by atoms with Crippen molar-refractivity contribution in [3.05, 3.63) is 29.8 Å². The molecule has 0 amide bonds. The molecular formula is C14H21NO. The maximum atomic E-state index is 9.73. The van der Waals surface area contributed by atoms with Crippen LogP contribution in [0.2, 0.25) is 0 Å².